The number of thiocarbonyl (C=S) groups is 1. The predicted octanol–water partition coefficient (Wildman–Crippen LogP) is 0.621. The van der Waals surface area contributed by atoms with Crippen LogP contribution in [-0.2, 0) is 81.0 Å². The predicted molar refractivity (Wildman–Crippen MR) is 185 cm³/mol. The highest BCUT2D eigenvalue weighted by atomic mass is 32.1. The summed E-state index contributed by atoms with van der Waals surface area (Å²) in [6, 6.07) is 4.06. The van der Waals surface area contributed by atoms with Crippen molar-refractivity contribution in [2.75, 3.05) is 58.4 Å². The Morgan fingerprint density at radius 1 is 0.661 bits per heavy atom. The number of ether oxygens (including phenoxy) is 9. The lowest BCUT2D eigenvalue weighted by Gasteiger charge is -2.25. The van der Waals surface area contributed by atoms with Crippen molar-refractivity contribution in [1.29, 1.82) is 0 Å². The molecule has 0 N–H and O–H groups in total. The van der Waals surface area contributed by atoms with Crippen LogP contribution in [0.4, 0.5) is 5.69 Å². The van der Waals surface area contributed by atoms with E-state index in [1.54, 1.807) is 0 Å². The van der Waals surface area contributed by atoms with Crippen molar-refractivity contribution in [3.8, 4) is 5.75 Å². The van der Waals surface area contributed by atoms with Crippen LogP contribution in [0.15, 0.2) is 28.3 Å². The van der Waals surface area contributed by atoms with Crippen LogP contribution in [0, 0.1) is 0 Å². The zero-order valence-electron chi connectivity index (χ0n) is 30.5. The van der Waals surface area contributed by atoms with E-state index in [1.165, 1.54) is 24.3 Å². The lowest BCUT2D eigenvalue weighted by molar-refractivity contribution is -0.168. The van der Waals surface area contributed by atoms with E-state index in [-0.39, 0.29) is 39.0 Å². The highest BCUT2D eigenvalue weighted by Crippen LogP contribution is 2.36. The molecule has 1 aromatic carbocycles. The van der Waals surface area contributed by atoms with Gasteiger partial charge in [-0.3, -0.25) is 43.3 Å². The first-order chi connectivity index (χ1) is 26.4. The number of benzene rings is 1. The van der Waals surface area contributed by atoms with Crippen molar-refractivity contribution in [2.45, 2.75) is 34.6 Å². The van der Waals surface area contributed by atoms with Crippen LogP contribution in [0.5, 0.6) is 5.75 Å². The first kappa shape index (κ1) is 43.6. The third-order valence-corrected chi connectivity index (χ3v) is 7.12. The Labute approximate surface area is 321 Å². The average molecular weight is 810 g/mol. The Kier molecular flexibility index (Phi) is 16.1. The number of nitrogens with zero attached hydrogens (tertiary/aromatic N) is 3. The fraction of sp³-hybridized carbons (Fsp3) is 0.394. The smallest absolute Gasteiger partial charge is 0.347 e. The van der Waals surface area contributed by atoms with E-state index < -0.39 is 107 Å². The van der Waals surface area contributed by atoms with Gasteiger partial charge in [0.25, 0.3) is 5.91 Å². The number of hydrogen-bond acceptors (Lipinski definition) is 21. The van der Waals surface area contributed by atoms with E-state index in [0.717, 1.165) is 49.3 Å². The van der Waals surface area contributed by atoms with Crippen molar-refractivity contribution < 1.29 is 90.2 Å². The van der Waals surface area contributed by atoms with Crippen molar-refractivity contribution in [1.82, 2.24) is 9.80 Å². The normalized spacial score (nSPS) is 12.8. The zero-order chi connectivity index (χ0) is 41.5. The quantitative estimate of drug-likeness (QED) is 0.0619. The number of esters is 8. The second-order valence-electron chi connectivity index (χ2n) is 11.0. The Morgan fingerprint density at radius 3 is 1.64 bits per heavy atom. The Balaban J connectivity index is 2.09. The van der Waals surface area contributed by atoms with Crippen molar-refractivity contribution in [2.24, 2.45) is 0 Å². The molecule has 2 aromatic rings. The van der Waals surface area contributed by atoms with Crippen LogP contribution < -0.4 is 9.64 Å². The van der Waals surface area contributed by atoms with Gasteiger partial charge >= 0.3 is 47.8 Å². The molecule has 1 aliphatic rings. The highest BCUT2D eigenvalue weighted by molar-refractivity contribution is 7.80. The number of hydrogen-bond donors (Lipinski definition) is 0. The van der Waals surface area contributed by atoms with E-state index >= 15 is 0 Å². The van der Waals surface area contributed by atoms with Crippen LogP contribution in [0.2, 0.25) is 0 Å². The van der Waals surface area contributed by atoms with Crippen LogP contribution in [0.1, 0.15) is 40.4 Å². The molecule has 0 aliphatic carbocycles. The third-order valence-electron chi connectivity index (χ3n) is 6.68. The molecule has 1 fully saturated rings. The van der Waals surface area contributed by atoms with Gasteiger partial charge in [-0.2, -0.15) is 0 Å². The van der Waals surface area contributed by atoms with Gasteiger partial charge in [0.1, 0.15) is 35.9 Å². The summed E-state index contributed by atoms with van der Waals surface area (Å²) in [5, 5.41) is 0.116. The first-order valence-corrected chi connectivity index (χ1v) is 16.3. The largest absolute Gasteiger partial charge is 0.480 e. The second-order valence-corrected chi connectivity index (χ2v) is 11.3. The minimum atomic E-state index is -1.02. The maximum Gasteiger partial charge on any atom is 0.347 e. The molecule has 23 heteroatoms. The first-order valence-electron chi connectivity index (χ1n) is 15.9. The summed E-state index contributed by atoms with van der Waals surface area (Å²) < 4.78 is 50.2. The summed E-state index contributed by atoms with van der Waals surface area (Å²) in [4.78, 5) is 111. The molecule has 0 spiro atoms. The van der Waals surface area contributed by atoms with Gasteiger partial charge in [0.2, 0.25) is 20.4 Å². The number of rotatable bonds is 19. The monoisotopic (exact) mass is 809 g/mol. The van der Waals surface area contributed by atoms with Crippen LogP contribution in [0.3, 0.4) is 0 Å². The summed E-state index contributed by atoms with van der Waals surface area (Å²) in [5.41, 5.74) is -0.184. The molecular weight excluding hydrogens is 774 g/mol. The number of furan rings is 1. The molecule has 0 saturated carbocycles. The van der Waals surface area contributed by atoms with Crippen LogP contribution in [0.25, 0.3) is 17.0 Å². The number of fused-ring (bicyclic) bond motifs is 1. The van der Waals surface area contributed by atoms with Gasteiger partial charge in [-0.05, 0) is 24.4 Å². The molecule has 0 bridgehead atoms. The van der Waals surface area contributed by atoms with Gasteiger partial charge in [-0.15, -0.1) is 0 Å². The summed E-state index contributed by atoms with van der Waals surface area (Å²) >= 11 is 5.37. The maximum atomic E-state index is 13.4. The van der Waals surface area contributed by atoms with E-state index in [2.05, 4.69) is 14.2 Å². The molecule has 22 nitrogen and oxygen atoms in total. The number of anilines is 1. The van der Waals surface area contributed by atoms with Crippen molar-refractivity contribution >= 4 is 93.7 Å². The lowest BCUT2D eigenvalue weighted by Crippen LogP contribution is -2.37. The molecule has 0 atom stereocenters. The topological polar surface area (TPSA) is 260 Å². The minimum absolute atomic E-state index is 0.00494. The van der Waals surface area contributed by atoms with Crippen LogP contribution in [-0.4, -0.2) is 122 Å². The fourth-order valence-corrected chi connectivity index (χ4v) is 4.55. The molecule has 1 aromatic heterocycles. The SMILES string of the molecule is CC(=O)OCOC(=O)COc1cc2cc(/C=C3\C(=O)N(COC(C)=O)C(=S)N3COC(C)=O)oc2cc1N(CC(=O)OCOC(C)=O)CC(=O)OCOC(C)=O. The lowest BCUT2D eigenvalue weighted by atomic mass is 10.2. The molecule has 3 rings (SSSR count). The van der Waals surface area contributed by atoms with Gasteiger partial charge in [0.15, 0.2) is 25.2 Å². The average Bonchev–Trinajstić information content (AvgIpc) is 3.59. The molecule has 302 valence electrons. The number of carbonyl (C=O) groups excluding carboxylic acids is 9. The molecule has 1 saturated heterocycles. The Hall–Kier alpha value is -6.78. The summed E-state index contributed by atoms with van der Waals surface area (Å²) in [6.45, 7) is 0.00143. The third kappa shape index (κ3) is 13.6. The molecule has 1 aliphatic heterocycles. The number of amides is 1. The van der Waals surface area contributed by atoms with E-state index in [1.807, 2.05) is 0 Å². The van der Waals surface area contributed by atoms with E-state index in [9.17, 15) is 43.2 Å². The van der Waals surface area contributed by atoms with Gasteiger partial charge in [-0.1, -0.05) is 0 Å². The van der Waals surface area contributed by atoms with E-state index in [4.69, 9.17) is 45.1 Å². The van der Waals surface area contributed by atoms with Crippen molar-refractivity contribution in [3.63, 3.8) is 0 Å². The standard InChI is InChI=1S/C33H35N3O19S/c1-18(37)47-13-35-26(32(45)36(33(35)56)14-48-19(2)38)8-24-6-23-7-28(46-12-31(44)54-17-51-22(5)41)25(9-27(23)55-24)34(10-29(42)52-15-49-20(3)39)11-30(43)53-16-50-21(4)40/h6-9H,10-17H2,1-5H3/b26-8+. The fourth-order valence-electron chi connectivity index (χ4n) is 4.26. The van der Waals surface area contributed by atoms with Crippen LogP contribution >= 0.6 is 12.2 Å². The van der Waals surface area contributed by atoms with Gasteiger partial charge in [0.05, 0.1) is 5.69 Å². The molecule has 2 heterocycles. The molecule has 0 radical (unpaired) electrons. The van der Waals surface area contributed by atoms with Crippen molar-refractivity contribution in [3.05, 3.63) is 29.7 Å². The second kappa shape index (κ2) is 20.6. The molecule has 0 unspecified atom stereocenters. The molecule has 1 amide bonds. The maximum absolute atomic E-state index is 13.4. The summed E-state index contributed by atoms with van der Waals surface area (Å²) in [6.07, 6.45) is 1.25. The minimum Gasteiger partial charge on any atom is -0.480 e. The Bertz CT molecular complexity index is 1890. The number of carbonyl (C=O) groups is 9. The molecular formula is C33H35N3O19S. The van der Waals surface area contributed by atoms with Gasteiger partial charge in [-0.25, -0.2) is 9.69 Å². The summed E-state index contributed by atoms with van der Waals surface area (Å²) in [7, 11) is 0. The Morgan fingerprint density at radius 2 is 1.14 bits per heavy atom. The molecule has 56 heavy (non-hydrogen) atoms. The summed E-state index contributed by atoms with van der Waals surface area (Å²) in [5.74, 6) is -7.53. The van der Waals surface area contributed by atoms with Gasteiger partial charge < -0.3 is 51.9 Å². The van der Waals surface area contributed by atoms with Gasteiger partial charge in [0, 0.05) is 52.1 Å². The zero-order valence-corrected chi connectivity index (χ0v) is 31.3. The van der Waals surface area contributed by atoms with E-state index in [0.29, 0.717) is 0 Å². The highest BCUT2D eigenvalue weighted by Gasteiger charge is 2.39.